The lowest BCUT2D eigenvalue weighted by atomic mass is 10.4. The Morgan fingerprint density at radius 3 is 2.50 bits per heavy atom. The molecular weight excluding hydrogens is 430 g/mol. The summed E-state index contributed by atoms with van der Waals surface area (Å²) in [5.74, 6) is -0.474. The third-order valence-electron chi connectivity index (χ3n) is 2.27. The first-order chi connectivity index (χ1) is 12.9. The second-order valence-corrected chi connectivity index (χ2v) is 8.15. The molecule has 1 aromatic heterocycles. The fourth-order valence-corrected chi connectivity index (χ4v) is 3.43. The smallest absolute Gasteiger partial charge is 0.328 e. The predicted octanol–water partition coefficient (Wildman–Crippen LogP) is 0.0583. The summed E-state index contributed by atoms with van der Waals surface area (Å²) in [5.41, 5.74) is 6.01. The first-order valence-corrected chi connectivity index (χ1v) is 10.9. The minimum atomic E-state index is -3.86. The number of guanidine groups is 1. The van der Waals surface area contributed by atoms with Gasteiger partial charge in [0.1, 0.15) is 5.84 Å². The molecule has 0 amide bonds. The van der Waals surface area contributed by atoms with Crippen molar-refractivity contribution in [1.82, 2.24) is 9.71 Å². The molecule has 156 valence electrons. The molecule has 0 saturated carbocycles. The van der Waals surface area contributed by atoms with Crippen molar-refractivity contribution in [2.45, 2.75) is 19.1 Å². The Morgan fingerprint density at radius 1 is 1.39 bits per heavy atom. The number of rotatable bonds is 9. The van der Waals surface area contributed by atoms with Gasteiger partial charge in [0.05, 0.1) is 5.69 Å². The number of nitrogens with one attached hydrogen (secondary N) is 4. The molecule has 0 spiro atoms. The van der Waals surface area contributed by atoms with Gasteiger partial charge in [0, 0.05) is 29.4 Å². The van der Waals surface area contributed by atoms with Crippen LogP contribution in [-0.4, -0.2) is 47.8 Å². The molecule has 12 nitrogen and oxygen atoms in total. The Morgan fingerprint density at radius 2 is 2.04 bits per heavy atom. The van der Waals surface area contributed by atoms with E-state index in [1.54, 1.807) is 0 Å². The van der Waals surface area contributed by atoms with Crippen LogP contribution >= 0.6 is 23.1 Å². The summed E-state index contributed by atoms with van der Waals surface area (Å²) in [6.45, 7) is 1.29. The van der Waals surface area contributed by atoms with Gasteiger partial charge in [0.2, 0.25) is 0 Å². The number of carboxylic acid groups (broad SMARTS) is 1. The number of hydrogen-bond acceptors (Lipinski definition) is 9. The highest BCUT2D eigenvalue weighted by molar-refractivity contribution is 7.98. The number of thiazole rings is 1. The SMILES string of the molecule is CC(=O)/C=C/C(=O)O.N=C(N)Nc1nc(CSCCC(=N)NS(N)(=O)=O)cs1. The molecule has 0 aliphatic heterocycles. The van der Waals surface area contributed by atoms with Crippen molar-refractivity contribution in [3.8, 4) is 0 Å². The van der Waals surface area contributed by atoms with Crippen molar-refractivity contribution in [3.05, 3.63) is 23.2 Å². The van der Waals surface area contributed by atoms with Crippen molar-refractivity contribution in [2.24, 2.45) is 10.9 Å². The maximum absolute atomic E-state index is 10.7. The Labute approximate surface area is 170 Å². The molecule has 0 aliphatic carbocycles. The van der Waals surface area contributed by atoms with E-state index in [9.17, 15) is 18.0 Å². The molecule has 0 saturated heterocycles. The van der Waals surface area contributed by atoms with E-state index in [0.29, 0.717) is 16.6 Å². The molecule has 1 rings (SSSR count). The summed E-state index contributed by atoms with van der Waals surface area (Å²) < 4.78 is 23.2. The van der Waals surface area contributed by atoms with Crippen LogP contribution in [0.1, 0.15) is 19.0 Å². The largest absolute Gasteiger partial charge is 0.478 e. The standard InChI is InChI=1S/C8H15N7O2S3.C5H6O3/c9-6(15-20(12,16)17)1-2-18-3-5-4-19-8(13-5)14-7(10)11;1-4(6)2-3-5(7)8/h4H,1-3H2,(H2,9,15)(H2,12,16,17)(H4,10,11,13,14);2-3H,1H3,(H,7,8)/b;3-2+. The number of nitrogens with two attached hydrogens (primary N) is 2. The van der Waals surface area contributed by atoms with Gasteiger partial charge >= 0.3 is 5.97 Å². The van der Waals surface area contributed by atoms with Crippen LogP contribution in [0.15, 0.2) is 17.5 Å². The zero-order chi connectivity index (χ0) is 21.7. The zero-order valence-electron chi connectivity index (χ0n) is 14.8. The number of allylic oxidation sites excluding steroid dienone is 1. The van der Waals surface area contributed by atoms with Gasteiger partial charge in [-0.3, -0.25) is 20.3 Å². The average Bonchev–Trinajstić information content (AvgIpc) is 2.95. The van der Waals surface area contributed by atoms with E-state index in [4.69, 9.17) is 26.8 Å². The minimum Gasteiger partial charge on any atom is -0.478 e. The minimum absolute atomic E-state index is 0.141. The molecule has 0 fully saturated rings. The average molecular weight is 452 g/mol. The number of carboxylic acids is 1. The number of aliphatic carboxylic acids is 1. The summed E-state index contributed by atoms with van der Waals surface area (Å²) in [6.07, 6.45) is 2.08. The Kier molecular flexibility index (Phi) is 11.7. The van der Waals surface area contributed by atoms with Gasteiger partial charge in [-0.1, -0.05) is 0 Å². The van der Waals surface area contributed by atoms with E-state index in [1.807, 2.05) is 10.1 Å². The van der Waals surface area contributed by atoms with Crippen LogP contribution in [0.5, 0.6) is 0 Å². The second-order valence-electron chi connectivity index (χ2n) is 4.89. The van der Waals surface area contributed by atoms with Crippen molar-refractivity contribution < 1.29 is 23.1 Å². The van der Waals surface area contributed by atoms with Gasteiger partial charge in [0.15, 0.2) is 16.9 Å². The number of amidine groups is 1. The second kappa shape index (κ2) is 12.8. The first kappa shape index (κ1) is 25.5. The quantitative estimate of drug-likeness (QED) is 0.116. The van der Waals surface area contributed by atoms with Crippen LogP contribution in [0.2, 0.25) is 0 Å². The molecule has 0 unspecified atom stereocenters. The highest BCUT2D eigenvalue weighted by atomic mass is 32.2. The van der Waals surface area contributed by atoms with Gasteiger partial charge in [-0.2, -0.15) is 20.2 Å². The summed E-state index contributed by atoms with van der Waals surface area (Å²) >= 11 is 2.85. The highest BCUT2D eigenvalue weighted by Crippen LogP contribution is 2.19. The molecule has 1 aromatic rings. The van der Waals surface area contributed by atoms with E-state index in [2.05, 4.69) is 10.3 Å². The number of aromatic nitrogens is 1. The summed E-state index contributed by atoms with van der Waals surface area (Å²) in [7, 11) is -3.86. The number of thioether (sulfide) groups is 1. The number of ketones is 1. The number of nitrogens with zero attached hydrogens (tertiary/aromatic N) is 1. The van der Waals surface area contributed by atoms with E-state index in [0.717, 1.165) is 17.8 Å². The molecule has 1 heterocycles. The van der Waals surface area contributed by atoms with Crippen LogP contribution in [-0.2, 0) is 25.6 Å². The lowest BCUT2D eigenvalue weighted by Crippen LogP contribution is -2.35. The number of hydrogen-bond donors (Lipinski definition) is 7. The van der Waals surface area contributed by atoms with Crippen LogP contribution in [0.4, 0.5) is 5.13 Å². The van der Waals surface area contributed by atoms with Gasteiger partial charge in [-0.25, -0.2) is 14.9 Å². The van der Waals surface area contributed by atoms with Crippen LogP contribution in [0, 0.1) is 10.8 Å². The number of carbonyl (C=O) groups is 2. The molecule has 0 aliphatic rings. The predicted molar refractivity (Wildman–Crippen MR) is 110 cm³/mol. The van der Waals surface area contributed by atoms with Crippen molar-refractivity contribution in [3.63, 3.8) is 0 Å². The Balaban J connectivity index is 0.000000769. The van der Waals surface area contributed by atoms with Crippen LogP contribution in [0.3, 0.4) is 0 Å². The van der Waals surface area contributed by atoms with Crippen LogP contribution < -0.4 is 20.9 Å². The van der Waals surface area contributed by atoms with E-state index in [1.165, 1.54) is 30.0 Å². The van der Waals surface area contributed by atoms with Crippen molar-refractivity contribution in [2.75, 3.05) is 11.1 Å². The third kappa shape index (κ3) is 15.7. The van der Waals surface area contributed by atoms with Gasteiger partial charge < -0.3 is 16.2 Å². The maximum Gasteiger partial charge on any atom is 0.328 e. The molecule has 0 radical (unpaired) electrons. The van der Waals surface area contributed by atoms with Gasteiger partial charge in [-0.05, 0) is 13.0 Å². The number of carbonyl (C=O) groups excluding carboxylic acids is 1. The summed E-state index contributed by atoms with van der Waals surface area (Å²) in [4.78, 5) is 23.9. The zero-order valence-corrected chi connectivity index (χ0v) is 17.2. The van der Waals surface area contributed by atoms with Gasteiger partial charge in [-0.15, -0.1) is 11.3 Å². The Bertz CT molecular complexity index is 819. The van der Waals surface area contributed by atoms with Crippen molar-refractivity contribution >= 4 is 62.0 Å². The Hall–Kier alpha value is -2.49. The lowest BCUT2D eigenvalue weighted by molar-refractivity contribution is -0.131. The highest BCUT2D eigenvalue weighted by Gasteiger charge is 2.06. The van der Waals surface area contributed by atoms with E-state index < -0.39 is 16.2 Å². The molecule has 28 heavy (non-hydrogen) atoms. The topological polar surface area (TPSA) is 225 Å². The summed E-state index contributed by atoms with van der Waals surface area (Å²) in [5, 5.41) is 32.1. The van der Waals surface area contributed by atoms with E-state index >= 15 is 0 Å². The van der Waals surface area contributed by atoms with Crippen LogP contribution in [0.25, 0.3) is 0 Å². The first-order valence-electron chi connectivity index (χ1n) is 7.31. The summed E-state index contributed by atoms with van der Waals surface area (Å²) in [6, 6.07) is 0. The molecule has 9 N–H and O–H groups in total. The molecule has 0 aromatic carbocycles. The monoisotopic (exact) mass is 451 g/mol. The normalized spacial score (nSPS) is 10.6. The van der Waals surface area contributed by atoms with E-state index in [-0.39, 0.29) is 24.0 Å². The van der Waals surface area contributed by atoms with Crippen molar-refractivity contribution in [1.29, 1.82) is 10.8 Å². The third-order valence-corrected chi connectivity index (χ3v) is 4.60. The molecular formula is C13H21N7O5S3. The maximum atomic E-state index is 10.7. The molecule has 15 heteroatoms. The molecule has 0 atom stereocenters. The van der Waals surface area contributed by atoms with Gasteiger partial charge in [0.25, 0.3) is 10.2 Å². The molecule has 0 bridgehead atoms. The fraction of sp³-hybridized carbons (Fsp3) is 0.308. The number of anilines is 1. The fourth-order valence-electron chi connectivity index (χ4n) is 1.31. The lowest BCUT2D eigenvalue weighted by Gasteiger charge is -2.04.